The Morgan fingerprint density at radius 2 is 1.87 bits per heavy atom. The van der Waals surface area contributed by atoms with Crippen molar-refractivity contribution in [3.05, 3.63) is 35.4 Å². The number of nitrogens with one attached hydrogen (secondary N) is 1. The summed E-state index contributed by atoms with van der Waals surface area (Å²) in [5, 5.41) is 9.44. The van der Waals surface area contributed by atoms with Crippen LogP contribution >= 0.6 is 0 Å². The molecule has 10 heteroatoms. The number of aromatic nitrogens is 2. The number of anilines is 1. The van der Waals surface area contributed by atoms with Crippen molar-refractivity contribution in [3.63, 3.8) is 0 Å². The molecule has 0 saturated carbocycles. The summed E-state index contributed by atoms with van der Waals surface area (Å²) in [6.07, 6.45) is 2.66. The van der Waals surface area contributed by atoms with Gasteiger partial charge in [0, 0.05) is 30.7 Å². The molecule has 0 bridgehead atoms. The van der Waals surface area contributed by atoms with Crippen LogP contribution in [0.4, 0.5) is 5.82 Å². The van der Waals surface area contributed by atoms with Crippen molar-refractivity contribution in [2.24, 2.45) is 0 Å². The molecule has 1 saturated heterocycles. The largest absolute Gasteiger partial charge is 0.497 e. The summed E-state index contributed by atoms with van der Waals surface area (Å²) in [5.74, 6) is 3.24. The van der Waals surface area contributed by atoms with E-state index in [1.165, 1.54) is 0 Å². The topological polar surface area (TPSA) is 115 Å². The highest BCUT2D eigenvalue weighted by Crippen LogP contribution is 2.39. The predicted octanol–water partition coefficient (Wildman–Crippen LogP) is 4.60. The third-order valence-electron chi connectivity index (χ3n) is 6.95. The zero-order valence-electron chi connectivity index (χ0n) is 23.4. The molecule has 1 aliphatic rings. The van der Waals surface area contributed by atoms with E-state index in [-0.39, 0.29) is 11.9 Å². The second-order valence-electron chi connectivity index (χ2n) is 9.85. The first-order chi connectivity index (χ1) is 18.9. The molecule has 2 aromatic carbocycles. The van der Waals surface area contributed by atoms with Gasteiger partial charge in [0.25, 0.3) is 0 Å². The van der Waals surface area contributed by atoms with Crippen LogP contribution in [0.5, 0.6) is 17.2 Å². The summed E-state index contributed by atoms with van der Waals surface area (Å²) in [6, 6.07) is 8.03. The van der Waals surface area contributed by atoms with Crippen LogP contribution in [0.25, 0.3) is 22.3 Å². The molecule has 0 aliphatic carbocycles. The SMILES string of the molecule is COc1cc(OC)c2c(N3CCOC[C@H]3C)nc(-c3cc(C)c(OCCCCCC(=O)NO)c(C)c3)nc2c1. The molecule has 1 fully saturated rings. The van der Waals surface area contributed by atoms with E-state index in [9.17, 15) is 4.79 Å². The highest BCUT2D eigenvalue weighted by Gasteiger charge is 2.26. The molecule has 1 atom stereocenters. The number of hydrogen-bond acceptors (Lipinski definition) is 9. The number of amides is 1. The average molecular weight is 539 g/mol. The number of unbranched alkanes of at least 4 members (excludes halogenated alkanes) is 2. The Balaban J connectivity index is 1.65. The van der Waals surface area contributed by atoms with Crippen LogP contribution in [0.1, 0.15) is 43.7 Å². The van der Waals surface area contributed by atoms with Crippen LogP contribution < -0.4 is 24.6 Å². The monoisotopic (exact) mass is 538 g/mol. The third-order valence-corrected chi connectivity index (χ3v) is 6.95. The molecule has 4 rings (SSSR count). The van der Waals surface area contributed by atoms with Crippen molar-refractivity contribution in [2.75, 3.05) is 45.5 Å². The van der Waals surface area contributed by atoms with Crippen LogP contribution in [0, 0.1) is 13.8 Å². The number of nitrogens with zero attached hydrogens (tertiary/aromatic N) is 3. The Bertz CT molecular complexity index is 1290. The fourth-order valence-corrected chi connectivity index (χ4v) is 4.94. The van der Waals surface area contributed by atoms with E-state index >= 15 is 0 Å². The summed E-state index contributed by atoms with van der Waals surface area (Å²) in [5.41, 5.74) is 5.30. The summed E-state index contributed by atoms with van der Waals surface area (Å²) in [4.78, 5) is 23.4. The molecule has 0 spiro atoms. The number of rotatable bonds is 11. The van der Waals surface area contributed by atoms with Crippen LogP contribution in [0.3, 0.4) is 0 Å². The highest BCUT2D eigenvalue weighted by atomic mass is 16.5. The molecular weight excluding hydrogens is 500 g/mol. The van der Waals surface area contributed by atoms with Gasteiger partial charge in [-0.15, -0.1) is 0 Å². The molecule has 39 heavy (non-hydrogen) atoms. The lowest BCUT2D eigenvalue weighted by molar-refractivity contribution is -0.129. The molecular formula is C29H38N4O6. The third kappa shape index (κ3) is 6.51. The first-order valence-electron chi connectivity index (χ1n) is 13.3. The number of hydroxylamine groups is 1. The van der Waals surface area contributed by atoms with Gasteiger partial charge in [-0.05, 0) is 63.3 Å². The van der Waals surface area contributed by atoms with E-state index in [4.69, 9.17) is 34.1 Å². The lowest BCUT2D eigenvalue weighted by Gasteiger charge is -2.35. The number of methoxy groups -OCH3 is 2. The summed E-state index contributed by atoms with van der Waals surface area (Å²) in [6.45, 7) is 8.70. The van der Waals surface area contributed by atoms with Gasteiger partial charge >= 0.3 is 0 Å². The normalized spacial score (nSPS) is 15.3. The molecule has 1 aliphatic heterocycles. The molecule has 3 aromatic rings. The molecule has 1 aromatic heterocycles. The second kappa shape index (κ2) is 12.9. The number of carbonyl (C=O) groups is 1. The zero-order chi connectivity index (χ0) is 27.9. The van der Waals surface area contributed by atoms with E-state index < -0.39 is 0 Å². The Morgan fingerprint density at radius 1 is 1.10 bits per heavy atom. The predicted molar refractivity (Wildman–Crippen MR) is 149 cm³/mol. The van der Waals surface area contributed by atoms with Crippen molar-refractivity contribution < 1.29 is 28.9 Å². The molecule has 0 radical (unpaired) electrons. The quantitative estimate of drug-likeness (QED) is 0.205. The maximum absolute atomic E-state index is 11.1. The lowest BCUT2D eigenvalue weighted by Crippen LogP contribution is -2.44. The Hall–Kier alpha value is -3.63. The zero-order valence-corrected chi connectivity index (χ0v) is 23.4. The summed E-state index contributed by atoms with van der Waals surface area (Å²) >= 11 is 0. The maximum Gasteiger partial charge on any atom is 0.243 e. The standard InChI is InChI=1S/C29H38N4O6/c1-18-13-21(14-19(2)27(18)39-11-8-6-7-9-25(34)32-35)28-30-23-15-22(36-4)16-24(37-5)26(23)29(31-28)33-10-12-38-17-20(33)3/h13-16,20,35H,6-12,17H2,1-5H3,(H,32,34)/t20-/m1/s1. The first-order valence-corrected chi connectivity index (χ1v) is 13.3. The minimum Gasteiger partial charge on any atom is -0.497 e. The number of morpholine rings is 1. The lowest BCUT2D eigenvalue weighted by atomic mass is 10.0. The first kappa shape index (κ1) is 28.4. The van der Waals surface area contributed by atoms with Crippen molar-refractivity contribution in [2.45, 2.75) is 52.5 Å². The summed E-state index contributed by atoms with van der Waals surface area (Å²) in [7, 11) is 3.27. The van der Waals surface area contributed by atoms with Crippen LogP contribution in [0.2, 0.25) is 0 Å². The van der Waals surface area contributed by atoms with E-state index in [0.29, 0.717) is 50.0 Å². The number of fused-ring (bicyclic) bond motifs is 1. The number of aryl methyl sites for hydroxylation is 2. The summed E-state index contributed by atoms with van der Waals surface area (Å²) < 4.78 is 23.1. The van der Waals surface area contributed by atoms with Crippen LogP contribution in [-0.2, 0) is 9.53 Å². The van der Waals surface area contributed by atoms with Gasteiger partial charge in [-0.3, -0.25) is 10.0 Å². The minimum absolute atomic E-state index is 0.147. The van der Waals surface area contributed by atoms with Crippen molar-refractivity contribution in [1.29, 1.82) is 0 Å². The molecule has 1 amide bonds. The van der Waals surface area contributed by atoms with Gasteiger partial charge in [0.1, 0.15) is 23.1 Å². The second-order valence-corrected chi connectivity index (χ2v) is 9.85. The van der Waals surface area contributed by atoms with Gasteiger partial charge in [0.2, 0.25) is 5.91 Å². The van der Waals surface area contributed by atoms with Gasteiger partial charge < -0.3 is 23.8 Å². The fourth-order valence-electron chi connectivity index (χ4n) is 4.94. The van der Waals surface area contributed by atoms with Crippen LogP contribution in [-0.4, -0.2) is 67.7 Å². The van der Waals surface area contributed by atoms with Crippen LogP contribution in [0.15, 0.2) is 24.3 Å². The molecule has 0 unspecified atom stereocenters. The van der Waals surface area contributed by atoms with Gasteiger partial charge in [0.05, 0.1) is 51.0 Å². The molecule has 2 heterocycles. The van der Waals surface area contributed by atoms with E-state index in [1.807, 2.05) is 26.0 Å². The van der Waals surface area contributed by atoms with Crippen molar-refractivity contribution in [3.8, 4) is 28.6 Å². The smallest absolute Gasteiger partial charge is 0.243 e. The Labute approximate surface area is 229 Å². The highest BCUT2D eigenvalue weighted by molar-refractivity contribution is 5.97. The van der Waals surface area contributed by atoms with Gasteiger partial charge in [0.15, 0.2) is 5.82 Å². The van der Waals surface area contributed by atoms with Crippen molar-refractivity contribution >= 4 is 22.6 Å². The maximum atomic E-state index is 11.1. The molecule has 2 N–H and O–H groups in total. The Morgan fingerprint density at radius 3 is 2.54 bits per heavy atom. The minimum atomic E-state index is -0.364. The number of benzene rings is 2. The van der Waals surface area contributed by atoms with Crippen molar-refractivity contribution in [1.82, 2.24) is 15.4 Å². The Kier molecular flexibility index (Phi) is 9.42. The van der Waals surface area contributed by atoms with Gasteiger partial charge in [-0.25, -0.2) is 15.4 Å². The van der Waals surface area contributed by atoms with E-state index in [2.05, 4.69) is 24.0 Å². The molecule has 10 nitrogen and oxygen atoms in total. The fraction of sp³-hybridized carbons (Fsp3) is 0.483. The molecule has 210 valence electrons. The number of ether oxygens (including phenoxy) is 4. The number of hydrogen-bond donors (Lipinski definition) is 2. The van der Waals surface area contributed by atoms with Gasteiger partial charge in [-0.1, -0.05) is 0 Å². The van der Waals surface area contributed by atoms with Gasteiger partial charge in [-0.2, -0.15) is 0 Å². The number of carbonyl (C=O) groups excluding carboxylic acids is 1. The van der Waals surface area contributed by atoms with E-state index in [0.717, 1.165) is 58.5 Å². The average Bonchev–Trinajstić information content (AvgIpc) is 2.94. The van der Waals surface area contributed by atoms with E-state index in [1.54, 1.807) is 19.7 Å².